The van der Waals surface area contributed by atoms with Gasteiger partial charge in [-0.15, -0.1) is 0 Å². The van der Waals surface area contributed by atoms with Gasteiger partial charge in [0.25, 0.3) is 0 Å². The van der Waals surface area contributed by atoms with E-state index < -0.39 is 5.43 Å². The van der Waals surface area contributed by atoms with Crippen LogP contribution in [0.4, 0.5) is 4.79 Å². The highest BCUT2D eigenvalue weighted by Gasteiger charge is 2.21. The summed E-state index contributed by atoms with van der Waals surface area (Å²) in [6.45, 7) is 0.0353. The van der Waals surface area contributed by atoms with E-state index in [-0.39, 0.29) is 18.1 Å². The highest BCUT2D eigenvalue weighted by Crippen LogP contribution is 2.29. The summed E-state index contributed by atoms with van der Waals surface area (Å²) in [7, 11) is 0. The molecule has 2 rings (SSSR count). The molecule has 1 aromatic rings. The molecule has 0 unspecified atom stereocenters. The van der Waals surface area contributed by atoms with Gasteiger partial charge in [-0.25, -0.2) is 4.79 Å². The van der Waals surface area contributed by atoms with Crippen molar-refractivity contribution >= 4 is 22.8 Å². The van der Waals surface area contributed by atoms with E-state index in [0.717, 1.165) is 0 Å². The fourth-order valence-electron chi connectivity index (χ4n) is 1.23. The van der Waals surface area contributed by atoms with Gasteiger partial charge in [-0.1, -0.05) is 0 Å². The quantitative estimate of drug-likeness (QED) is 0.668. The molecule has 14 heavy (non-hydrogen) atoms. The molecule has 72 valence electrons. The molecule has 0 aliphatic carbocycles. The third kappa shape index (κ3) is 1.56. The summed E-state index contributed by atoms with van der Waals surface area (Å²) in [5.41, 5.74) is -0.423. The maximum Gasteiger partial charge on any atom is 0.409 e. The van der Waals surface area contributed by atoms with Crippen molar-refractivity contribution in [2.45, 2.75) is 0 Å². The first kappa shape index (κ1) is 9.02. The standard InChI is InChI=1S/C9H5ClO4/c10-9(12)14-5-1-2-6-7(11)4-13-8(6)3-5/h1-3H,4H2. The highest BCUT2D eigenvalue weighted by atomic mass is 35.5. The van der Waals surface area contributed by atoms with E-state index in [2.05, 4.69) is 4.74 Å². The first-order valence-corrected chi connectivity index (χ1v) is 4.22. The van der Waals surface area contributed by atoms with Crippen LogP contribution in [0.2, 0.25) is 0 Å². The average Bonchev–Trinajstić information content (AvgIpc) is 2.46. The largest absolute Gasteiger partial charge is 0.485 e. The molecule has 0 aromatic heterocycles. The lowest BCUT2D eigenvalue weighted by Crippen LogP contribution is -1.98. The number of carbonyl (C=O) groups excluding carboxylic acids is 2. The highest BCUT2D eigenvalue weighted by molar-refractivity contribution is 6.61. The van der Waals surface area contributed by atoms with Gasteiger partial charge in [-0.3, -0.25) is 4.79 Å². The number of Topliss-reactive ketones (excluding diaryl/α,β-unsaturated/α-hetero) is 1. The molecule has 5 heteroatoms. The van der Waals surface area contributed by atoms with E-state index in [4.69, 9.17) is 16.3 Å². The van der Waals surface area contributed by atoms with Crippen LogP contribution in [0, 0.1) is 0 Å². The van der Waals surface area contributed by atoms with Crippen LogP contribution >= 0.6 is 11.6 Å². The Morgan fingerprint density at radius 1 is 1.50 bits per heavy atom. The number of halogens is 1. The van der Waals surface area contributed by atoms with Gasteiger partial charge >= 0.3 is 5.43 Å². The normalized spacial score (nSPS) is 13.4. The smallest absolute Gasteiger partial charge is 0.409 e. The molecule has 0 atom stereocenters. The van der Waals surface area contributed by atoms with Gasteiger partial charge in [0, 0.05) is 17.7 Å². The second-order valence-corrected chi connectivity index (χ2v) is 3.02. The lowest BCUT2D eigenvalue weighted by molar-refractivity contribution is 0.0961. The SMILES string of the molecule is O=C(Cl)Oc1ccc2c(c1)OCC2=O. The number of benzene rings is 1. The van der Waals surface area contributed by atoms with Crippen molar-refractivity contribution in [3.05, 3.63) is 23.8 Å². The van der Waals surface area contributed by atoms with E-state index in [1.54, 1.807) is 6.07 Å². The zero-order chi connectivity index (χ0) is 10.1. The van der Waals surface area contributed by atoms with Gasteiger partial charge < -0.3 is 9.47 Å². The van der Waals surface area contributed by atoms with Gasteiger partial charge in [0.05, 0.1) is 5.56 Å². The summed E-state index contributed by atoms with van der Waals surface area (Å²) >= 11 is 5.02. The maximum absolute atomic E-state index is 11.1. The summed E-state index contributed by atoms with van der Waals surface area (Å²) < 4.78 is 9.66. The fourth-order valence-corrected chi connectivity index (χ4v) is 1.32. The van der Waals surface area contributed by atoms with Crippen molar-refractivity contribution in [1.82, 2.24) is 0 Å². The van der Waals surface area contributed by atoms with Crippen molar-refractivity contribution in [2.75, 3.05) is 6.61 Å². The molecular weight excluding hydrogens is 208 g/mol. The number of rotatable bonds is 1. The van der Waals surface area contributed by atoms with Crippen LogP contribution in [0.3, 0.4) is 0 Å². The predicted octanol–water partition coefficient (Wildman–Crippen LogP) is 2.00. The van der Waals surface area contributed by atoms with E-state index in [1.165, 1.54) is 12.1 Å². The first-order chi connectivity index (χ1) is 6.66. The van der Waals surface area contributed by atoms with E-state index in [9.17, 15) is 9.59 Å². The van der Waals surface area contributed by atoms with E-state index in [0.29, 0.717) is 11.3 Å². The molecule has 1 aromatic carbocycles. The van der Waals surface area contributed by atoms with Crippen LogP contribution in [0.25, 0.3) is 0 Å². The van der Waals surface area contributed by atoms with Crippen LogP contribution in [0.5, 0.6) is 11.5 Å². The van der Waals surface area contributed by atoms with Crippen molar-refractivity contribution < 1.29 is 19.1 Å². The summed E-state index contributed by atoms with van der Waals surface area (Å²) in [4.78, 5) is 21.6. The number of fused-ring (bicyclic) bond motifs is 1. The van der Waals surface area contributed by atoms with Gasteiger partial charge in [-0.2, -0.15) is 0 Å². The van der Waals surface area contributed by atoms with Crippen LogP contribution in [0.1, 0.15) is 10.4 Å². The summed E-state index contributed by atoms with van der Waals surface area (Å²) in [6, 6.07) is 4.49. The van der Waals surface area contributed by atoms with Crippen LogP contribution in [0.15, 0.2) is 18.2 Å². The monoisotopic (exact) mass is 212 g/mol. The zero-order valence-electron chi connectivity index (χ0n) is 6.95. The Morgan fingerprint density at radius 3 is 3.00 bits per heavy atom. The Balaban J connectivity index is 2.32. The van der Waals surface area contributed by atoms with Crippen molar-refractivity contribution in [2.24, 2.45) is 0 Å². The molecule has 1 aliphatic heterocycles. The minimum Gasteiger partial charge on any atom is -0.485 e. The molecule has 0 saturated carbocycles. The van der Waals surface area contributed by atoms with Crippen LogP contribution in [-0.4, -0.2) is 17.8 Å². The minimum absolute atomic E-state index is 0.0353. The lowest BCUT2D eigenvalue weighted by Gasteiger charge is -2.01. The third-order valence-electron chi connectivity index (χ3n) is 1.81. The molecular formula is C9H5ClO4. The predicted molar refractivity (Wildman–Crippen MR) is 48.1 cm³/mol. The van der Waals surface area contributed by atoms with Gasteiger partial charge in [0.15, 0.2) is 6.61 Å². The van der Waals surface area contributed by atoms with Gasteiger partial charge in [0.2, 0.25) is 5.78 Å². The minimum atomic E-state index is -0.922. The molecule has 0 radical (unpaired) electrons. The Morgan fingerprint density at radius 2 is 2.29 bits per heavy atom. The molecule has 0 fully saturated rings. The summed E-state index contributed by atoms with van der Waals surface area (Å²) in [6.07, 6.45) is 0. The summed E-state index contributed by atoms with van der Waals surface area (Å²) in [5.74, 6) is 0.604. The molecule has 0 N–H and O–H groups in total. The summed E-state index contributed by atoms with van der Waals surface area (Å²) in [5, 5.41) is 0. The number of hydrogen-bond acceptors (Lipinski definition) is 4. The van der Waals surface area contributed by atoms with E-state index >= 15 is 0 Å². The second kappa shape index (κ2) is 3.31. The molecule has 0 amide bonds. The third-order valence-corrected chi connectivity index (χ3v) is 1.89. The van der Waals surface area contributed by atoms with Crippen molar-refractivity contribution in [3.63, 3.8) is 0 Å². The lowest BCUT2D eigenvalue weighted by atomic mass is 10.1. The van der Waals surface area contributed by atoms with Gasteiger partial charge in [0.1, 0.15) is 11.5 Å². The van der Waals surface area contributed by atoms with Gasteiger partial charge in [-0.05, 0) is 12.1 Å². The fraction of sp³-hybridized carbons (Fsp3) is 0.111. The Bertz CT molecular complexity index is 413. The molecule has 0 spiro atoms. The zero-order valence-corrected chi connectivity index (χ0v) is 7.71. The van der Waals surface area contributed by atoms with Crippen molar-refractivity contribution in [3.8, 4) is 11.5 Å². The Labute approximate surface area is 84.4 Å². The van der Waals surface area contributed by atoms with E-state index in [1.807, 2.05) is 0 Å². The molecule has 4 nitrogen and oxygen atoms in total. The van der Waals surface area contributed by atoms with Crippen LogP contribution < -0.4 is 9.47 Å². The molecule has 0 bridgehead atoms. The van der Waals surface area contributed by atoms with Crippen molar-refractivity contribution in [1.29, 1.82) is 0 Å². The Hall–Kier alpha value is -1.55. The number of ketones is 1. The first-order valence-electron chi connectivity index (χ1n) is 3.84. The maximum atomic E-state index is 11.1. The molecule has 1 heterocycles. The second-order valence-electron chi connectivity index (χ2n) is 2.71. The topological polar surface area (TPSA) is 52.6 Å². The molecule has 0 saturated heterocycles. The Kier molecular flexibility index (Phi) is 2.13. The average molecular weight is 213 g/mol. The number of carbonyl (C=O) groups is 2. The van der Waals surface area contributed by atoms with Crippen LogP contribution in [-0.2, 0) is 0 Å². The number of hydrogen-bond donors (Lipinski definition) is 0. The number of ether oxygens (including phenoxy) is 2. The molecule has 1 aliphatic rings.